The van der Waals surface area contributed by atoms with Gasteiger partial charge in [0.05, 0.1) is 30.6 Å². The molecule has 0 aliphatic carbocycles. The number of ether oxygens (including phenoxy) is 2. The molecule has 31 heavy (non-hydrogen) atoms. The molecule has 0 bridgehead atoms. The zero-order chi connectivity index (χ0) is 21.8. The van der Waals surface area contributed by atoms with E-state index in [1.165, 1.54) is 41.4 Å². The maximum absolute atomic E-state index is 14.2. The summed E-state index contributed by atoms with van der Waals surface area (Å²) >= 11 is 1.21. The summed E-state index contributed by atoms with van der Waals surface area (Å²) in [6.07, 6.45) is 5.56. The lowest BCUT2D eigenvalue weighted by atomic mass is 10.0. The summed E-state index contributed by atoms with van der Waals surface area (Å²) < 4.78 is 25.5. The summed E-state index contributed by atoms with van der Waals surface area (Å²) in [6, 6.07) is 5.96. The molecule has 2 aliphatic heterocycles. The molecule has 2 amide bonds. The highest BCUT2D eigenvalue weighted by molar-refractivity contribution is 7.14. The van der Waals surface area contributed by atoms with Crippen LogP contribution in [0.25, 0.3) is 6.08 Å². The molecule has 1 atom stereocenters. The lowest BCUT2D eigenvalue weighted by molar-refractivity contribution is -0.145. The molecule has 2 saturated heterocycles. The summed E-state index contributed by atoms with van der Waals surface area (Å²) in [5.41, 5.74) is 0.668. The molecule has 0 N–H and O–H groups in total. The van der Waals surface area contributed by atoms with E-state index < -0.39 is 5.82 Å². The standard InChI is InChI=1S/C22H24FN3O4S/c1-15(27)26(18-7-3-2-6-17(18)23)22-24-16(14-31-22)9-10-20(28)25-11-5-4-8-19(25)21-29-12-13-30-21/h2-3,6-7,9-10,14,19,21H,4-5,8,11-13H2,1H3/b10-9+. The van der Waals surface area contributed by atoms with Crippen LogP contribution in [0, 0.1) is 5.82 Å². The first-order valence-electron chi connectivity index (χ1n) is 10.3. The summed E-state index contributed by atoms with van der Waals surface area (Å²) in [5.74, 6) is -0.984. The van der Waals surface area contributed by atoms with E-state index in [2.05, 4.69) is 4.98 Å². The van der Waals surface area contributed by atoms with E-state index in [-0.39, 0.29) is 29.8 Å². The normalized spacial score (nSPS) is 19.8. The first-order chi connectivity index (χ1) is 15.0. The van der Waals surface area contributed by atoms with Crippen molar-refractivity contribution in [3.8, 4) is 0 Å². The zero-order valence-electron chi connectivity index (χ0n) is 17.2. The van der Waals surface area contributed by atoms with Gasteiger partial charge in [-0.05, 0) is 37.5 Å². The fourth-order valence-electron chi connectivity index (χ4n) is 3.86. The topological polar surface area (TPSA) is 72.0 Å². The van der Waals surface area contributed by atoms with Gasteiger partial charge in [-0.25, -0.2) is 9.37 Å². The van der Waals surface area contributed by atoms with Gasteiger partial charge in [-0.2, -0.15) is 0 Å². The van der Waals surface area contributed by atoms with Gasteiger partial charge < -0.3 is 14.4 Å². The number of aromatic nitrogens is 1. The highest BCUT2D eigenvalue weighted by Crippen LogP contribution is 2.31. The number of amides is 2. The quantitative estimate of drug-likeness (QED) is 0.656. The van der Waals surface area contributed by atoms with Crippen LogP contribution in [-0.2, 0) is 19.1 Å². The lowest BCUT2D eigenvalue weighted by Gasteiger charge is -2.37. The Morgan fingerprint density at radius 3 is 2.77 bits per heavy atom. The van der Waals surface area contributed by atoms with Crippen molar-refractivity contribution < 1.29 is 23.5 Å². The molecule has 2 fully saturated rings. The fraction of sp³-hybridized carbons (Fsp3) is 0.409. The van der Waals surface area contributed by atoms with Crippen LogP contribution in [-0.4, -0.2) is 53.8 Å². The van der Waals surface area contributed by atoms with Crippen LogP contribution in [0.3, 0.4) is 0 Å². The second-order valence-electron chi connectivity index (χ2n) is 7.40. The Labute approximate surface area is 184 Å². The third kappa shape index (κ3) is 4.84. The average molecular weight is 446 g/mol. The largest absolute Gasteiger partial charge is 0.348 e. The molecular weight excluding hydrogens is 421 g/mol. The number of halogens is 1. The van der Waals surface area contributed by atoms with Gasteiger partial charge in [-0.3, -0.25) is 14.5 Å². The predicted octanol–water partition coefficient (Wildman–Crippen LogP) is 3.73. The maximum Gasteiger partial charge on any atom is 0.247 e. The number of para-hydroxylation sites is 1. The number of carbonyl (C=O) groups excluding carboxylic acids is 2. The average Bonchev–Trinajstić information content (AvgIpc) is 3.46. The van der Waals surface area contributed by atoms with E-state index >= 15 is 0 Å². The molecule has 164 valence electrons. The highest BCUT2D eigenvalue weighted by atomic mass is 32.1. The van der Waals surface area contributed by atoms with Gasteiger partial charge in [0.15, 0.2) is 11.4 Å². The van der Waals surface area contributed by atoms with Crippen molar-refractivity contribution >= 4 is 40.0 Å². The SMILES string of the molecule is CC(=O)N(c1nc(/C=C/C(=O)N2CCCCC2C2OCCO2)cs1)c1ccccc1F. The van der Waals surface area contributed by atoms with E-state index in [9.17, 15) is 14.0 Å². The minimum atomic E-state index is -0.507. The van der Waals surface area contributed by atoms with Crippen LogP contribution >= 0.6 is 11.3 Å². The molecule has 1 aromatic heterocycles. The Balaban J connectivity index is 1.49. The van der Waals surface area contributed by atoms with E-state index in [4.69, 9.17) is 9.47 Å². The van der Waals surface area contributed by atoms with Gasteiger partial charge in [0.25, 0.3) is 0 Å². The second kappa shape index (κ2) is 9.67. The van der Waals surface area contributed by atoms with Gasteiger partial charge >= 0.3 is 0 Å². The van der Waals surface area contributed by atoms with Gasteiger partial charge in [0, 0.05) is 24.9 Å². The molecule has 1 aromatic carbocycles. The Bertz CT molecular complexity index is 973. The van der Waals surface area contributed by atoms with Crippen molar-refractivity contribution in [2.75, 3.05) is 24.7 Å². The summed E-state index contributed by atoms with van der Waals surface area (Å²) in [6.45, 7) is 3.12. The van der Waals surface area contributed by atoms with Crippen molar-refractivity contribution in [3.05, 3.63) is 47.2 Å². The third-order valence-electron chi connectivity index (χ3n) is 5.30. The maximum atomic E-state index is 14.2. The molecule has 4 rings (SSSR count). The second-order valence-corrected chi connectivity index (χ2v) is 8.24. The third-order valence-corrected chi connectivity index (χ3v) is 6.14. The number of nitrogens with zero attached hydrogens (tertiary/aromatic N) is 3. The van der Waals surface area contributed by atoms with Crippen molar-refractivity contribution in [1.82, 2.24) is 9.88 Å². The van der Waals surface area contributed by atoms with Crippen molar-refractivity contribution in [1.29, 1.82) is 0 Å². The van der Waals surface area contributed by atoms with E-state index in [1.54, 1.807) is 28.5 Å². The molecule has 1 unspecified atom stereocenters. The minimum Gasteiger partial charge on any atom is -0.348 e. The summed E-state index contributed by atoms with van der Waals surface area (Å²) in [5, 5.41) is 2.07. The lowest BCUT2D eigenvalue weighted by Crippen LogP contribution is -2.49. The minimum absolute atomic E-state index is 0.0892. The summed E-state index contributed by atoms with van der Waals surface area (Å²) in [4.78, 5) is 32.4. The number of thiazole rings is 1. The number of benzene rings is 1. The molecule has 2 aromatic rings. The molecule has 2 aliphatic rings. The molecule has 0 spiro atoms. The number of piperidine rings is 1. The summed E-state index contributed by atoms with van der Waals surface area (Å²) in [7, 11) is 0. The van der Waals surface area contributed by atoms with Gasteiger partial charge in [-0.15, -0.1) is 11.3 Å². The fourth-order valence-corrected chi connectivity index (χ4v) is 4.71. The monoisotopic (exact) mass is 445 g/mol. The van der Waals surface area contributed by atoms with Crippen LogP contribution in [0.1, 0.15) is 31.9 Å². The number of anilines is 2. The first-order valence-corrected chi connectivity index (χ1v) is 11.1. The Morgan fingerprint density at radius 1 is 1.26 bits per heavy atom. The van der Waals surface area contributed by atoms with Crippen molar-refractivity contribution in [3.63, 3.8) is 0 Å². The van der Waals surface area contributed by atoms with Crippen molar-refractivity contribution in [2.24, 2.45) is 0 Å². The molecular formula is C22H24FN3O4S. The van der Waals surface area contributed by atoms with Crippen LogP contribution in [0.15, 0.2) is 35.7 Å². The molecule has 3 heterocycles. The van der Waals surface area contributed by atoms with Gasteiger partial charge in [0.1, 0.15) is 5.82 Å². The van der Waals surface area contributed by atoms with Crippen LogP contribution in [0.5, 0.6) is 0 Å². The van der Waals surface area contributed by atoms with Gasteiger partial charge in [-0.1, -0.05) is 12.1 Å². The van der Waals surface area contributed by atoms with E-state index in [0.717, 1.165) is 19.3 Å². The molecule has 0 saturated carbocycles. The Kier molecular flexibility index (Phi) is 6.74. The van der Waals surface area contributed by atoms with Gasteiger partial charge in [0.2, 0.25) is 11.8 Å². The number of carbonyl (C=O) groups is 2. The van der Waals surface area contributed by atoms with Crippen LogP contribution in [0.2, 0.25) is 0 Å². The van der Waals surface area contributed by atoms with E-state index in [1.807, 2.05) is 0 Å². The Morgan fingerprint density at radius 2 is 2.03 bits per heavy atom. The number of likely N-dealkylation sites (tertiary alicyclic amines) is 1. The Hall–Kier alpha value is -2.62. The molecule has 0 radical (unpaired) electrons. The predicted molar refractivity (Wildman–Crippen MR) is 115 cm³/mol. The van der Waals surface area contributed by atoms with Crippen LogP contribution < -0.4 is 4.90 Å². The molecule has 7 nitrogen and oxygen atoms in total. The first kappa shape index (κ1) is 21.6. The van der Waals surface area contributed by atoms with Crippen LogP contribution in [0.4, 0.5) is 15.2 Å². The highest BCUT2D eigenvalue weighted by Gasteiger charge is 2.35. The molecule has 9 heteroatoms. The smallest absolute Gasteiger partial charge is 0.247 e. The number of rotatable bonds is 5. The van der Waals surface area contributed by atoms with Crippen molar-refractivity contribution in [2.45, 2.75) is 38.5 Å². The zero-order valence-corrected chi connectivity index (χ0v) is 18.0. The number of hydrogen-bond acceptors (Lipinski definition) is 6. The van der Waals surface area contributed by atoms with E-state index in [0.29, 0.717) is 30.6 Å². The number of hydrogen-bond donors (Lipinski definition) is 0.